The molecule has 1 aromatic heterocycles. The van der Waals surface area contributed by atoms with Crippen LogP contribution in [0.3, 0.4) is 0 Å². The van der Waals surface area contributed by atoms with E-state index >= 15 is 0 Å². The molecule has 39 heavy (non-hydrogen) atoms. The number of esters is 1. The molecule has 2 N–H and O–H groups in total. The molecule has 0 aliphatic rings. The number of hydrogen-bond acceptors (Lipinski definition) is 4. The molecule has 0 spiro atoms. The molecule has 4 aromatic carbocycles. The Bertz CT molecular complexity index is 1750. The van der Waals surface area contributed by atoms with E-state index in [-0.39, 0.29) is 5.75 Å². The predicted molar refractivity (Wildman–Crippen MR) is 162 cm³/mol. The number of para-hydroxylation sites is 1. The molecule has 5 aromatic rings. The second-order valence-electron chi connectivity index (χ2n) is 8.66. The SMILES string of the molecule is Cc1ccc(C(=O)Oc2c(Br)cc(Br)cc2C=NNC(=O)c2[nH]c3ccccc3c2-c2ccccc2Cl)cc1. The van der Waals surface area contributed by atoms with E-state index in [4.69, 9.17) is 16.3 Å². The Balaban J connectivity index is 1.44. The molecule has 0 saturated carbocycles. The summed E-state index contributed by atoms with van der Waals surface area (Å²) >= 11 is 13.4. The van der Waals surface area contributed by atoms with E-state index in [0.717, 1.165) is 26.5 Å². The van der Waals surface area contributed by atoms with Gasteiger partial charge in [-0.3, -0.25) is 4.79 Å². The Morgan fingerprint density at radius 3 is 2.46 bits per heavy atom. The number of nitrogens with one attached hydrogen (secondary N) is 2. The number of aryl methyl sites for hydroxylation is 1. The fraction of sp³-hybridized carbons (Fsp3) is 0.0333. The first-order valence-corrected chi connectivity index (χ1v) is 13.7. The average molecular weight is 666 g/mol. The molecule has 0 aliphatic heterocycles. The Labute approximate surface area is 246 Å². The Morgan fingerprint density at radius 2 is 1.69 bits per heavy atom. The van der Waals surface area contributed by atoms with E-state index in [0.29, 0.717) is 31.9 Å². The predicted octanol–water partition coefficient (Wildman–Crippen LogP) is 8.30. The van der Waals surface area contributed by atoms with Crippen LogP contribution in [0.2, 0.25) is 5.02 Å². The van der Waals surface area contributed by atoms with Crippen molar-refractivity contribution < 1.29 is 14.3 Å². The molecular formula is C30H20Br2ClN3O3. The van der Waals surface area contributed by atoms with Gasteiger partial charge in [0.05, 0.1) is 16.3 Å². The summed E-state index contributed by atoms with van der Waals surface area (Å²) < 4.78 is 6.97. The van der Waals surface area contributed by atoms with Gasteiger partial charge in [-0.05, 0) is 59.3 Å². The normalized spacial score (nSPS) is 11.2. The summed E-state index contributed by atoms with van der Waals surface area (Å²) in [6.45, 7) is 1.94. The van der Waals surface area contributed by atoms with Crippen LogP contribution in [0, 0.1) is 6.92 Å². The van der Waals surface area contributed by atoms with Gasteiger partial charge >= 0.3 is 5.97 Å². The van der Waals surface area contributed by atoms with Crippen LogP contribution >= 0.6 is 43.5 Å². The quantitative estimate of drug-likeness (QED) is 0.0829. The lowest BCUT2D eigenvalue weighted by molar-refractivity contribution is 0.0733. The number of hydrazone groups is 1. The van der Waals surface area contributed by atoms with Crippen molar-refractivity contribution in [2.45, 2.75) is 6.92 Å². The van der Waals surface area contributed by atoms with Gasteiger partial charge in [-0.1, -0.05) is 81.6 Å². The number of amides is 1. The van der Waals surface area contributed by atoms with Crippen molar-refractivity contribution in [2.24, 2.45) is 5.10 Å². The Morgan fingerprint density at radius 1 is 0.974 bits per heavy atom. The number of benzene rings is 4. The molecule has 0 atom stereocenters. The first kappa shape index (κ1) is 26.9. The number of carbonyl (C=O) groups is 2. The van der Waals surface area contributed by atoms with Crippen LogP contribution in [0.25, 0.3) is 22.0 Å². The van der Waals surface area contributed by atoms with Gasteiger partial charge < -0.3 is 9.72 Å². The first-order chi connectivity index (χ1) is 18.8. The minimum absolute atomic E-state index is 0.268. The standard InChI is InChI=1S/C30H20Br2ClN3O3/c1-17-10-12-18(13-11-17)30(38)39-28-19(14-20(31)15-23(28)32)16-34-36-29(37)27-26(21-6-2-4-8-24(21)33)22-7-3-5-9-25(22)35-27/h2-16,35H,1H3,(H,36,37). The van der Waals surface area contributed by atoms with Gasteiger partial charge in [-0.25, -0.2) is 10.2 Å². The largest absolute Gasteiger partial charge is 0.421 e. The third kappa shape index (κ3) is 5.83. The number of aromatic nitrogens is 1. The second kappa shape index (κ2) is 11.6. The van der Waals surface area contributed by atoms with E-state index in [1.807, 2.05) is 61.5 Å². The van der Waals surface area contributed by atoms with E-state index in [9.17, 15) is 9.59 Å². The van der Waals surface area contributed by atoms with Crippen LogP contribution in [-0.2, 0) is 0 Å². The summed E-state index contributed by atoms with van der Waals surface area (Å²) in [4.78, 5) is 29.3. The Kier molecular flexibility index (Phi) is 7.97. The van der Waals surface area contributed by atoms with Crippen molar-refractivity contribution in [3.8, 4) is 16.9 Å². The topological polar surface area (TPSA) is 83.5 Å². The minimum atomic E-state index is -0.515. The van der Waals surface area contributed by atoms with Gasteiger partial charge in [-0.2, -0.15) is 5.10 Å². The van der Waals surface area contributed by atoms with Gasteiger partial charge in [-0.15, -0.1) is 0 Å². The van der Waals surface area contributed by atoms with Crippen LogP contribution in [-0.4, -0.2) is 23.1 Å². The number of H-pyrrole nitrogens is 1. The second-order valence-corrected chi connectivity index (χ2v) is 10.8. The highest BCUT2D eigenvalue weighted by Gasteiger charge is 2.21. The van der Waals surface area contributed by atoms with Crippen LogP contribution in [0.5, 0.6) is 5.75 Å². The zero-order valence-corrected chi connectivity index (χ0v) is 24.4. The molecule has 1 heterocycles. The highest BCUT2D eigenvalue weighted by atomic mass is 79.9. The van der Waals surface area contributed by atoms with E-state index in [1.165, 1.54) is 6.21 Å². The lowest BCUT2D eigenvalue weighted by atomic mass is 10.0. The number of hydrogen-bond donors (Lipinski definition) is 2. The average Bonchev–Trinajstić information content (AvgIpc) is 3.30. The van der Waals surface area contributed by atoms with Gasteiger partial charge in [0.2, 0.25) is 0 Å². The molecular weight excluding hydrogens is 646 g/mol. The molecule has 0 unspecified atom stereocenters. The highest BCUT2D eigenvalue weighted by molar-refractivity contribution is 9.11. The first-order valence-electron chi connectivity index (χ1n) is 11.8. The number of carbonyl (C=O) groups excluding carboxylic acids is 2. The van der Waals surface area contributed by atoms with Gasteiger partial charge in [0.15, 0.2) is 5.75 Å². The fourth-order valence-corrected chi connectivity index (χ4v) is 5.67. The van der Waals surface area contributed by atoms with Crippen LogP contribution < -0.4 is 10.2 Å². The molecule has 0 bridgehead atoms. The molecule has 1 amide bonds. The number of rotatable bonds is 6. The van der Waals surface area contributed by atoms with E-state index in [1.54, 1.807) is 30.3 Å². The summed E-state index contributed by atoms with van der Waals surface area (Å²) in [5.74, 6) is -0.701. The third-order valence-electron chi connectivity index (χ3n) is 5.97. The number of aromatic amines is 1. The van der Waals surface area contributed by atoms with Crippen molar-refractivity contribution in [1.29, 1.82) is 0 Å². The van der Waals surface area contributed by atoms with Crippen molar-refractivity contribution in [3.05, 3.63) is 121 Å². The molecule has 9 heteroatoms. The van der Waals surface area contributed by atoms with Crippen molar-refractivity contribution in [1.82, 2.24) is 10.4 Å². The van der Waals surface area contributed by atoms with Crippen molar-refractivity contribution >= 4 is 72.5 Å². The summed E-state index contributed by atoms with van der Waals surface area (Å²) in [7, 11) is 0. The van der Waals surface area contributed by atoms with Crippen LogP contribution in [0.15, 0.2) is 99.0 Å². The van der Waals surface area contributed by atoms with E-state index in [2.05, 4.69) is 47.4 Å². The zero-order chi connectivity index (χ0) is 27.5. The van der Waals surface area contributed by atoms with E-state index < -0.39 is 11.9 Å². The summed E-state index contributed by atoms with van der Waals surface area (Å²) in [6.07, 6.45) is 1.42. The summed E-state index contributed by atoms with van der Waals surface area (Å²) in [5.41, 5.74) is 7.03. The monoisotopic (exact) mass is 663 g/mol. The number of ether oxygens (including phenoxy) is 1. The van der Waals surface area contributed by atoms with Gasteiger partial charge in [0.1, 0.15) is 5.69 Å². The molecule has 0 saturated heterocycles. The molecule has 0 fully saturated rings. The van der Waals surface area contributed by atoms with Crippen LogP contribution in [0.4, 0.5) is 0 Å². The van der Waals surface area contributed by atoms with Crippen LogP contribution in [0.1, 0.15) is 32.0 Å². The van der Waals surface area contributed by atoms with Crippen molar-refractivity contribution in [3.63, 3.8) is 0 Å². The van der Waals surface area contributed by atoms with Gasteiger partial charge in [0.25, 0.3) is 5.91 Å². The Hall–Kier alpha value is -3.72. The lowest BCUT2D eigenvalue weighted by Crippen LogP contribution is -2.19. The summed E-state index contributed by atoms with van der Waals surface area (Å²) in [6, 6.07) is 25.5. The lowest BCUT2D eigenvalue weighted by Gasteiger charge is -2.11. The fourth-order valence-electron chi connectivity index (χ4n) is 4.10. The number of nitrogens with zero attached hydrogens (tertiary/aromatic N) is 1. The molecule has 6 nitrogen and oxygen atoms in total. The molecule has 0 aliphatic carbocycles. The molecule has 194 valence electrons. The summed E-state index contributed by atoms with van der Waals surface area (Å²) in [5, 5.41) is 5.56. The number of fused-ring (bicyclic) bond motifs is 1. The highest BCUT2D eigenvalue weighted by Crippen LogP contribution is 2.37. The van der Waals surface area contributed by atoms with Gasteiger partial charge in [0, 0.05) is 37.1 Å². The maximum absolute atomic E-state index is 13.3. The van der Waals surface area contributed by atoms with Crippen molar-refractivity contribution in [2.75, 3.05) is 0 Å². The zero-order valence-electron chi connectivity index (χ0n) is 20.5. The number of halogens is 3. The third-order valence-corrected chi connectivity index (χ3v) is 7.34. The molecule has 0 radical (unpaired) electrons. The minimum Gasteiger partial charge on any atom is -0.421 e. The maximum atomic E-state index is 13.3. The smallest absolute Gasteiger partial charge is 0.343 e. The maximum Gasteiger partial charge on any atom is 0.343 e. The molecule has 5 rings (SSSR count).